The molecule has 0 bridgehead atoms. The van der Waals surface area contributed by atoms with Gasteiger partial charge in [-0.25, -0.2) is 8.42 Å². The molecule has 16 heavy (non-hydrogen) atoms. The van der Waals surface area contributed by atoms with E-state index < -0.39 is 9.84 Å². The van der Waals surface area contributed by atoms with Gasteiger partial charge in [0.05, 0.1) is 12.0 Å². The van der Waals surface area contributed by atoms with Crippen LogP contribution in [0.4, 0.5) is 0 Å². The molecule has 0 radical (unpaired) electrons. The lowest BCUT2D eigenvalue weighted by Crippen LogP contribution is -1.99. The number of sulfone groups is 1. The first-order valence-electron chi connectivity index (χ1n) is 4.73. The van der Waals surface area contributed by atoms with Crippen LogP contribution in [0.1, 0.15) is 5.56 Å². The van der Waals surface area contributed by atoms with Crippen molar-refractivity contribution >= 4 is 15.9 Å². The summed E-state index contributed by atoms with van der Waals surface area (Å²) in [4.78, 5) is 0.268. The average molecular weight is 241 g/mol. The maximum Gasteiger partial charge on any atom is 0.175 e. The highest BCUT2D eigenvalue weighted by molar-refractivity contribution is 7.90. The van der Waals surface area contributed by atoms with Gasteiger partial charge in [0, 0.05) is 18.4 Å². The van der Waals surface area contributed by atoms with Gasteiger partial charge in [0.1, 0.15) is 5.75 Å². The van der Waals surface area contributed by atoms with E-state index in [1.807, 2.05) is 0 Å². The second kappa shape index (κ2) is 5.14. The molecule has 0 spiro atoms. The third kappa shape index (κ3) is 3.08. The van der Waals surface area contributed by atoms with E-state index in [4.69, 9.17) is 10.5 Å². The van der Waals surface area contributed by atoms with Gasteiger partial charge in [-0.1, -0.05) is 12.2 Å². The van der Waals surface area contributed by atoms with E-state index in [1.54, 1.807) is 24.3 Å². The number of hydrogen-bond acceptors (Lipinski definition) is 4. The Hall–Kier alpha value is -1.33. The molecule has 0 fully saturated rings. The Kier molecular flexibility index (Phi) is 4.09. The Labute approximate surface area is 95.6 Å². The average Bonchev–Trinajstić information content (AvgIpc) is 2.24. The van der Waals surface area contributed by atoms with Crippen LogP contribution in [0.3, 0.4) is 0 Å². The van der Waals surface area contributed by atoms with Gasteiger partial charge >= 0.3 is 0 Å². The molecule has 0 saturated carbocycles. The summed E-state index contributed by atoms with van der Waals surface area (Å²) in [7, 11) is -1.66. The summed E-state index contributed by atoms with van der Waals surface area (Å²) in [5.74, 6) is 0.622. The third-order valence-corrected chi connectivity index (χ3v) is 3.17. The van der Waals surface area contributed by atoms with E-state index in [2.05, 4.69) is 0 Å². The second-order valence-corrected chi connectivity index (χ2v) is 5.33. The molecule has 88 valence electrons. The van der Waals surface area contributed by atoms with Gasteiger partial charge in [-0.2, -0.15) is 0 Å². The minimum Gasteiger partial charge on any atom is -0.496 e. The summed E-state index contributed by atoms with van der Waals surface area (Å²) in [5.41, 5.74) is 6.05. The molecule has 0 saturated heterocycles. The van der Waals surface area contributed by atoms with Crippen LogP contribution in [-0.4, -0.2) is 28.3 Å². The molecular formula is C11H15NO3S. The largest absolute Gasteiger partial charge is 0.496 e. The fraction of sp³-hybridized carbons (Fsp3) is 0.273. The predicted octanol–water partition coefficient (Wildman–Crippen LogP) is 1.07. The van der Waals surface area contributed by atoms with Crippen LogP contribution < -0.4 is 10.5 Å². The van der Waals surface area contributed by atoms with Crippen molar-refractivity contribution in [1.29, 1.82) is 0 Å². The second-order valence-electron chi connectivity index (χ2n) is 3.31. The SMILES string of the molecule is COc1ccc(S(C)(=O)=O)cc1/C=C/CN. The standard InChI is InChI=1S/C11H15NO3S/c1-15-11-6-5-10(16(2,13)14)8-9(11)4-3-7-12/h3-6,8H,7,12H2,1-2H3/b4-3+. The number of rotatable bonds is 4. The molecule has 0 aliphatic heterocycles. The Balaban J connectivity index is 3.27. The van der Waals surface area contributed by atoms with Gasteiger partial charge in [-0.15, -0.1) is 0 Å². The van der Waals surface area contributed by atoms with Crippen LogP contribution in [0, 0.1) is 0 Å². The molecule has 2 N–H and O–H groups in total. The fourth-order valence-electron chi connectivity index (χ4n) is 1.27. The summed E-state index contributed by atoms with van der Waals surface area (Å²) in [6.45, 7) is 0.395. The van der Waals surface area contributed by atoms with Crippen LogP contribution in [0.25, 0.3) is 6.08 Å². The fourth-order valence-corrected chi connectivity index (χ4v) is 1.92. The van der Waals surface area contributed by atoms with E-state index in [0.29, 0.717) is 17.9 Å². The van der Waals surface area contributed by atoms with Crippen molar-refractivity contribution in [3.05, 3.63) is 29.8 Å². The van der Waals surface area contributed by atoms with E-state index >= 15 is 0 Å². The highest BCUT2D eigenvalue weighted by Crippen LogP contribution is 2.23. The van der Waals surface area contributed by atoms with E-state index in [9.17, 15) is 8.42 Å². The minimum atomic E-state index is -3.20. The molecule has 1 rings (SSSR count). The summed E-state index contributed by atoms with van der Waals surface area (Å²) in [6, 6.07) is 4.72. The molecule has 0 amide bonds. The van der Waals surface area contributed by atoms with Gasteiger partial charge < -0.3 is 10.5 Å². The normalized spacial score (nSPS) is 11.9. The van der Waals surface area contributed by atoms with Gasteiger partial charge in [-0.3, -0.25) is 0 Å². The first kappa shape index (κ1) is 12.7. The van der Waals surface area contributed by atoms with Crippen molar-refractivity contribution in [2.75, 3.05) is 19.9 Å². The van der Waals surface area contributed by atoms with Gasteiger partial charge in [0.2, 0.25) is 0 Å². The molecule has 0 atom stereocenters. The van der Waals surface area contributed by atoms with Crippen molar-refractivity contribution in [2.45, 2.75) is 4.90 Å². The lowest BCUT2D eigenvalue weighted by atomic mass is 10.2. The Morgan fingerprint density at radius 1 is 1.44 bits per heavy atom. The lowest BCUT2D eigenvalue weighted by molar-refractivity contribution is 0.413. The number of benzene rings is 1. The lowest BCUT2D eigenvalue weighted by Gasteiger charge is -2.06. The van der Waals surface area contributed by atoms with Crippen LogP contribution in [0.15, 0.2) is 29.2 Å². The molecule has 0 heterocycles. The summed E-state index contributed by atoms with van der Waals surface area (Å²) < 4.78 is 27.9. The Morgan fingerprint density at radius 3 is 2.62 bits per heavy atom. The predicted molar refractivity (Wildman–Crippen MR) is 64.2 cm³/mol. The Morgan fingerprint density at radius 2 is 2.12 bits per heavy atom. The monoisotopic (exact) mass is 241 g/mol. The van der Waals surface area contributed by atoms with Crippen molar-refractivity contribution in [3.63, 3.8) is 0 Å². The summed E-state index contributed by atoms with van der Waals surface area (Å²) >= 11 is 0. The molecule has 5 heteroatoms. The molecule has 1 aromatic carbocycles. The summed E-state index contributed by atoms with van der Waals surface area (Å²) in [5, 5.41) is 0. The Bertz CT molecular complexity index is 492. The number of nitrogens with two attached hydrogens (primary N) is 1. The zero-order chi connectivity index (χ0) is 12.2. The van der Waals surface area contributed by atoms with E-state index in [1.165, 1.54) is 19.4 Å². The van der Waals surface area contributed by atoms with Gasteiger partial charge in [-0.05, 0) is 18.2 Å². The molecule has 0 unspecified atom stereocenters. The quantitative estimate of drug-likeness (QED) is 0.856. The van der Waals surface area contributed by atoms with Crippen molar-refractivity contribution in [2.24, 2.45) is 5.73 Å². The zero-order valence-electron chi connectivity index (χ0n) is 9.30. The van der Waals surface area contributed by atoms with Crippen LogP contribution in [0.2, 0.25) is 0 Å². The molecule has 4 nitrogen and oxygen atoms in total. The zero-order valence-corrected chi connectivity index (χ0v) is 10.1. The highest BCUT2D eigenvalue weighted by atomic mass is 32.2. The molecule has 0 aliphatic carbocycles. The first-order chi connectivity index (χ1) is 7.49. The maximum atomic E-state index is 11.4. The number of ether oxygens (including phenoxy) is 1. The molecule has 0 aromatic heterocycles. The summed E-state index contributed by atoms with van der Waals surface area (Å²) in [6.07, 6.45) is 4.66. The molecular weight excluding hydrogens is 226 g/mol. The topological polar surface area (TPSA) is 69.4 Å². The van der Waals surface area contributed by atoms with Crippen LogP contribution in [0.5, 0.6) is 5.75 Å². The van der Waals surface area contributed by atoms with Crippen molar-refractivity contribution in [3.8, 4) is 5.75 Å². The third-order valence-electron chi connectivity index (χ3n) is 2.06. The van der Waals surface area contributed by atoms with Crippen LogP contribution >= 0.6 is 0 Å². The van der Waals surface area contributed by atoms with Crippen LogP contribution in [-0.2, 0) is 9.84 Å². The maximum absolute atomic E-state index is 11.4. The van der Waals surface area contributed by atoms with Gasteiger partial charge in [0.25, 0.3) is 0 Å². The number of hydrogen-bond donors (Lipinski definition) is 1. The van der Waals surface area contributed by atoms with Crippen molar-refractivity contribution < 1.29 is 13.2 Å². The minimum absolute atomic E-state index is 0.268. The van der Waals surface area contributed by atoms with Crippen molar-refractivity contribution in [1.82, 2.24) is 0 Å². The molecule has 1 aromatic rings. The smallest absolute Gasteiger partial charge is 0.175 e. The van der Waals surface area contributed by atoms with E-state index in [0.717, 1.165) is 0 Å². The van der Waals surface area contributed by atoms with E-state index in [-0.39, 0.29) is 4.90 Å². The van der Waals surface area contributed by atoms with Gasteiger partial charge in [0.15, 0.2) is 9.84 Å². The molecule has 0 aliphatic rings. The first-order valence-corrected chi connectivity index (χ1v) is 6.63. The number of methoxy groups -OCH3 is 1. The highest BCUT2D eigenvalue weighted by Gasteiger charge is 2.09.